The number of halogens is 1. The van der Waals surface area contributed by atoms with Crippen LogP contribution in [-0.4, -0.2) is 5.11 Å². The lowest BCUT2D eigenvalue weighted by Gasteiger charge is -2.35. The molecule has 1 N–H and O–H groups in total. The molecule has 0 amide bonds. The van der Waals surface area contributed by atoms with Gasteiger partial charge in [-0.25, -0.2) is 0 Å². The fourth-order valence-electron chi connectivity index (χ4n) is 3.32. The second kappa shape index (κ2) is 6.08. The second-order valence-corrected chi connectivity index (χ2v) is 6.00. The Morgan fingerprint density at radius 3 is 2.78 bits per heavy atom. The van der Waals surface area contributed by atoms with Gasteiger partial charge in [0.25, 0.3) is 0 Å². The van der Waals surface area contributed by atoms with Gasteiger partial charge in [0.15, 0.2) is 0 Å². The molecule has 1 aromatic rings. The molecule has 3 unspecified atom stereocenters. The molecule has 1 aromatic carbocycles. The van der Waals surface area contributed by atoms with Gasteiger partial charge in [-0.3, -0.25) is 0 Å². The third-order valence-corrected chi connectivity index (χ3v) is 4.69. The van der Waals surface area contributed by atoms with Crippen molar-refractivity contribution >= 4 is 11.6 Å². The summed E-state index contributed by atoms with van der Waals surface area (Å²) >= 11 is 6.06. The van der Waals surface area contributed by atoms with E-state index in [1.54, 1.807) is 0 Å². The first-order valence-electron chi connectivity index (χ1n) is 7.07. The van der Waals surface area contributed by atoms with Gasteiger partial charge in [0.05, 0.1) is 6.10 Å². The Labute approximate surface area is 115 Å². The van der Waals surface area contributed by atoms with Crippen LogP contribution in [0.2, 0.25) is 5.02 Å². The van der Waals surface area contributed by atoms with Crippen molar-refractivity contribution in [3.63, 3.8) is 0 Å². The van der Waals surface area contributed by atoms with Gasteiger partial charge in [-0.15, -0.1) is 0 Å². The third kappa shape index (κ3) is 2.89. The first-order valence-corrected chi connectivity index (χ1v) is 7.45. The topological polar surface area (TPSA) is 20.2 Å². The first kappa shape index (κ1) is 13.9. The number of hydrogen-bond acceptors (Lipinski definition) is 1. The van der Waals surface area contributed by atoms with Crippen LogP contribution in [0.15, 0.2) is 18.2 Å². The number of aliphatic hydroxyl groups excluding tert-OH is 1. The molecule has 1 aliphatic rings. The van der Waals surface area contributed by atoms with Gasteiger partial charge in [0.2, 0.25) is 0 Å². The molecule has 3 atom stereocenters. The van der Waals surface area contributed by atoms with Crippen molar-refractivity contribution in [1.82, 2.24) is 0 Å². The summed E-state index contributed by atoms with van der Waals surface area (Å²) in [4.78, 5) is 0. The summed E-state index contributed by atoms with van der Waals surface area (Å²) in [5.41, 5.74) is 2.17. The van der Waals surface area contributed by atoms with E-state index in [-0.39, 0.29) is 6.10 Å². The molecule has 1 aliphatic carbocycles. The zero-order valence-electron chi connectivity index (χ0n) is 11.3. The molecule has 0 aliphatic heterocycles. The van der Waals surface area contributed by atoms with Crippen LogP contribution < -0.4 is 0 Å². The summed E-state index contributed by atoms with van der Waals surface area (Å²) in [5.74, 6) is 1.06. The molecular weight excluding hydrogens is 244 g/mol. The van der Waals surface area contributed by atoms with Crippen LogP contribution in [0.5, 0.6) is 0 Å². The molecule has 1 nitrogen and oxygen atoms in total. The minimum absolute atomic E-state index is 0.353. The van der Waals surface area contributed by atoms with E-state index < -0.39 is 0 Å². The smallest absolute Gasteiger partial charge is 0.0823 e. The zero-order chi connectivity index (χ0) is 13.1. The minimum Gasteiger partial charge on any atom is -0.388 e. The maximum atomic E-state index is 10.7. The number of aliphatic hydroxyl groups is 1. The average Bonchev–Trinajstić information content (AvgIpc) is 2.40. The molecule has 0 aromatic heterocycles. The molecule has 0 spiro atoms. The Kier molecular flexibility index (Phi) is 4.69. The second-order valence-electron chi connectivity index (χ2n) is 5.56. The standard InChI is InChI=1S/C16H23ClO/c1-3-12-6-4-5-7-14(12)16(18)15-10-13(17)9-8-11(15)2/h8-10,12,14,16,18H,3-7H2,1-2H3. The van der Waals surface area contributed by atoms with Gasteiger partial charge in [-0.1, -0.05) is 50.3 Å². The van der Waals surface area contributed by atoms with E-state index in [2.05, 4.69) is 13.8 Å². The average molecular weight is 267 g/mol. The highest BCUT2D eigenvalue weighted by molar-refractivity contribution is 6.30. The highest BCUT2D eigenvalue weighted by Crippen LogP contribution is 2.41. The Morgan fingerprint density at radius 1 is 1.33 bits per heavy atom. The normalized spacial score (nSPS) is 26.0. The highest BCUT2D eigenvalue weighted by atomic mass is 35.5. The summed E-state index contributed by atoms with van der Waals surface area (Å²) in [7, 11) is 0. The molecular formula is C16H23ClO. The van der Waals surface area contributed by atoms with Crippen molar-refractivity contribution in [3.05, 3.63) is 34.3 Å². The van der Waals surface area contributed by atoms with Crippen LogP contribution in [0, 0.1) is 18.8 Å². The molecule has 0 radical (unpaired) electrons. The molecule has 100 valence electrons. The summed E-state index contributed by atoms with van der Waals surface area (Å²) < 4.78 is 0. The van der Waals surface area contributed by atoms with Crippen LogP contribution in [0.1, 0.15) is 56.3 Å². The lowest BCUT2D eigenvalue weighted by molar-refractivity contribution is 0.0448. The fourth-order valence-corrected chi connectivity index (χ4v) is 3.50. The van der Waals surface area contributed by atoms with E-state index in [0.29, 0.717) is 11.8 Å². The van der Waals surface area contributed by atoms with Crippen molar-refractivity contribution in [2.45, 2.75) is 52.1 Å². The highest BCUT2D eigenvalue weighted by Gasteiger charge is 2.31. The predicted octanol–water partition coefficient (Wildman–Crippen LogP) is 4.90. The number of aryl methyl sites for hydroxylation is 1. The Bertz CT molecular complexity index is 402. The number of rotatable bonds is 3. The molecule has 0 saturated heterocycles. The summed E-state index contributed by atoms with van der Waals surface area (Å²) in [5, 5.41) is 11.4. The van der Waals surface area contributed by atoms with E-state index in [1.807, 2.05) is 18.2 Å². The van der Waals surface area contributed by atoms with Crippen molar-refractivity contribution in [1.29, 1.82) is 0 Å². The zero-order valence-corrected chi connectivity index (χ0v) is 12.1. The van der Waals surface area contributed by atoms with E-state index in [9.17, 15) is 5.11 Å². The van der Waals surface area contributed by atoms with Crippen molar-refractivity contribution in [2.24, 2.45) is 11.8 Å². The van der Waals surface area contributed by atoms with Crippen LogP contribution in [0.4, 0.5) is 0 Å². The predicted molar refractivity (Wildman–Crippen MR) is 76.9 cm³/mol. The maximum Gasteiger partial charge on any atom is 0.0823 e. The Balaban J connectivity index is 2.23. The molecule has 0 heterocycles. The molecule has 2 heteroatoms. The third-order valence-electron chi connectivity index (χ3n) is 4.46. The SMILES string of the molecule is CCC1CCCCC1C(O)c1cc(Cl)ccc1C. The summed E-state index contributed by atoms with van der Waals surface area (Å²) in [6, 6.07) is 5.83. The van der Waals surface area contributed by atoms with Crippen molar-refractivity contribution < 1.29 is 5.11 Å². The number of benzene rings is 1. The Morgan fingerprint density at radius 2 is 2.06 bits per heavy atom. The summed E-state index contributed by atoms with van der Waals surface area (Å²) in [6.45, 7) is 4.29. The van der Waals surface area contributed by atoms with Crippen molar-refractivity contribution in [2.75, 3.05) is 0 Å². The van der Waals surface area contributed by atoms with Crippen molar-refractivity contribution in [3.8, 4) is 0 Å². The maximum absolute atomic E-state index is 10.7. The van der Waals surface area contributed by atoms with E-state index in [4.69, 9.17) is 11.6 Å². The molecule has 1 fully saturated rings. The van der Waals surface area contributed by atoms with E-state index in [0.717, 1.165) is 22.6 Å². The van der Waals surface area contributed by atoms with Gasteiger partial charge < -0.3 is 5.11 Å². The first-order chi connectivity index (χ1) is 8.63. The van der Waals surface area contributed by atoms with Gasteiger partial charge >= 0.3 is 0 Å². The quantitative estimate of drug-likeness (QED) is 0.825. The molecule has 0 bridgehead atoms. The lowest BCUT2D eigenvalue weighted by atomic mass is 9.73. The van der Waals surface area contributed by atoms with Gasteiger partial charge in [-0.05, 0) is 48.4 Å². The van der Waals surface area contributed by atoms with E-state index in [1.165, 1.54) is 25.7 Å². The largest absolute Gasteiger partial charge is 0.388 e. The fraction of sp³-hybridized carbons (Fsp3) is 0.625. The molecule has 2 rings (SSSR count). The van der Waals surface area contributed by atoms with Crippen LogP contribution >= 0.6 is 11.6 Å². The molecule has 18 heavy (non-hydrogen) atoms. The lowest BCUT2D eigenvalue weighted by Crippen LogP contribution is -2.25. The summed E-state index contributed by atoms with van der Waals surface area (Å²) in [6.07, 6.45) is 5.78. The van der Waals surface area contributed by atoms with Gasteiger partial charge in [-0.2, -0.15) is 0 Å². The monoisotopic (exact) mass is 266 g/mol. The number of hydrogen-bond donors (Lipinski definition) is 1. The van der Waals surface area contributed by atoms with Crippen LogP contribution in [0.3, 0.4) is 0 Å². The van der Waals surface area contributed by atoms with Crippen LogP contribution in [-0.2, 0) is 0 Å². The molecule has 1 saturated carbocycles. The Hall–Kier alpha value is -0.530. The van der Waals surface area contributed by atoms with Gasteiger partial charge in [0, 0.05) is 5.02 Å². The minimum atomic E-state index is -0.353. The van der Waals surface area contributed by atoms with Crippen LogP contribution in [0.25, 0.3) is 0 Å². The van der Waals surface area contributed by atoms with Gasteiger partial charge in [0.1, 0.15) is 0 Å². The van der Waals surface area contributed by atoms with E-state index >= 15 is 0 Å².